The lowest BCUT2D eigenvalue weighted by Gasteiger charge is -2.01. The molecule has 0 atom stereocenters. The SMILES string of the molecule is CC(C)=CCn1[nH]c(C)c(C(=O)c2ccc(Cl)cc2[N+](=O)[O-])c1=O. The number of rotatable bonds is 5. The van der Waals surface area contributed by atoms with Crippen molar-refractivity contribution in [1.29, 1.82) is 0 Å². The minimum atomic E-state index is -0.701. The molecule has 2 rings (SSSR count). The molecule has 24 heavy (non-hydrogen) atoms. The van der Waals surface area contributed by atoms with E-state index in [9.17, 15) is 19.7 Å². The molecule has 0 radical (unpaired) electrons. The maximum atomic E-state index is 12.7. The van der Waals surface area contributed by atoms with Gasteiger partial charge >= 0.3 is 0 Å². The van der Waals surface area contributed by atoms with Crippen molar-refractivity contribution in [1.82, 2.24) is 9.78 Å². The molecule has 0 saturated heterocycles. The first-order valence-electron chi connectivity index (χ1n) is 7.13. The molecule has 7 nitrogen and oxygen atoms in total. The number of nitrogens with zero attached hydrogens (tertiary/aromatic N) is 2. The first-order valence-corrected chi connectivity index (χ1v) is 7.51. The molecule has 126 valence electrons. The first kappa shape index (κ1) is 17.7. The number of aromatic nitrogens is 2. The van der Waals surface area contributed by atoms with Gasteiger partial charge in [-0.25, -0.2) is 4.68 Å². The summed E-state index contributed by atoms with van der Waals surface area (Å²) in [5.41, 5.74) is 0.162. The van der Waals surface area contributed by atoms with Gasteiger partial charge < -0.3 is 0 Å². The molecule has 0 aliphatic carbocycles. The number of aryl methyl sites for hydroxylation is 1. The summed E-state index contributed by atoms with van der Waals surface area (Å²) in [5.74, 6) is -0.701. The van der Waals surface area contributed by atoms with Crippen molar-refractivity contribution in [3.63, 3.8) is 0 Å². The summed E-state index contributed by atoms with van der Waals surface area (Å²) < 4.78 is 1.29. The molecule has 8 heteroatoms. The van der Waals surface area contributed by atoms with Gasteiger partial charge in [-0.1, -0.05) is 23.3 Å². The number of ketones is 1. The molecule has 1 aromatic carbocycles. The zero-order valence-electron chi connectivity index (χ0n) is 13.4. The predicted molar refractivity (Wildman–Crippen MR) is 90.8 cm³/mol. The van der Waals surface area contributed by atoms with E-state index in [0.29, 0.717) is 5.69 Å². The number of nitro benzene ring substituents is 1. The largest absolute Gasteiger partial charge is 0.299 e. The normalized spacial score (nSPS) is 10.5. The van der Waals surface area contributed by atoms with Crippen molar-refractivity contribution in [3.8, 4) is 0 Å². The van der Waals surface area contributed by atoms with E-state index >= 15 is 0 Å². The van der Waals surface area contributed by atoms with Crippen LogP contribution in [0.4, 0.5) is 5.69 Å². The smallest absolute Gasteiger partial charge is 0.282 e. The van der Waals surface area contributed by atoms with Gasteiger partial charge in [-0.15, -0.1) is 0 Å². The summed E-state index contributed by atoms with van der Waals surface area (Å²) in [7, 11) is 0. The second-order valence-corrected chi connectivity index (χ2v) is 5.99. The maximum absolute atomic E-state index is 12.7. The maximum Gasteiger partial charge on any atom is 0.282 e. The Morgan fingerprint density at radius 3 is 2.67 bits per heavy atom. The van der Waals surface area contributed by atoms with Gasteiger partial charge in [-0.05, 0) is 32.9 Å². The molecule has 0 unspecified atom stereocenters. The lowest BCUT2D eigenvalue weighted by molar-refractivity contribution is -0.385. The van der Waals surface area contributed by atoms with E-state index < -0.39 is 22.0 Å². The summed E-state index contributed by atoms with van der Waals surface area (Å²) >= 11 is 5.75. The number of hydrogen-bond donors (Lipinski definition) is 1. The third kappa shape index (κ3) is 3.46. The van der Waals surface area contributed by atoms with Crippen molar-refractivity contribution in [3.05, 3.63) is 72.2 Å². The van der Waals surface area contributed by atoms with E-state index in [-0.39, 0.29) is 22.7 Å². The minimum absolute atomic E-state index is 0.109. The summed E-state index contributed by atoms with van der Waals surface area (Å²) in [4.78, 5) is 35.6. The molecule has 1 aromatic heterocycles. The van der Waals surface area contributed by atoms with E-state index in [1.54, 1.807) is 6.92 Å². The second-order valence-electron chi connectivity index (χ2n) is 5.56. The molecule has 1 N–H and O–H groups in total. The predicted octanol–water partition coefficient (Wildman–Crippen LogP) is 3.24. The Bertz CT molecular complexity index is 905. The third-order valence-corrected chi connectivity index (χ3v) is 3.68. The highest BCUT2D eigenvalue weighted by Crippen LogP contribution is 2.25. The van der Waals surface area contributed by atoms with Crippen LogP contribution in [-0.2, 0) is 6.54 Å². The number of nitrogens with one attached hydrogen (secondary N) is 1. The summed E-state index contributed by atoms with van der Waals surface area (Å²) in [5, 5.41) is 14.1. The Balaban J connectivity index is 2.54. The molecule has 2 aromatic rings. The number of carbonyl (C=O) groups is 1. The van der Waals surface area contributed by atoms with Gasteiger partial charge in [0.15, 0.2) is 0 Å². The Labute approximate surface area is 142 Å². The second kappa shape index (κ2) is 6.84. The Morgan fingerprint density at radius 1 is 1.42 bits per heavy atom. The van der Waals surface area contributed by atoms with E-state index in [4.69, 9.17) is 11.6 Å². The zero-order valence-corrected chi connectivity index (χ0v) is 14.2. The van der Waals surface area contributed by atoms with Crippen LogP contribution in [0.1, 0.15) is 35.5 Å². The van der Waals surface area contributed by atoms with Crippen LogP contribution in [-0.4, -0.2) is 20.5 Å². The average Bonchev–Trinajstić information content (AvgIpc) is 2.78. The quantitative estimate of drug-likeness (QED) is 0.387. The monoisotopic (exact) mass is 349 g/mol. The van der Waals surface area contributed by atoms with Crippen LogP contribution in [0.15, 0.2) is 34.6 Å². The number of H-pyrrole nitrogens is 1. The third-order valence-electron chi connectivity index (χ3n) is 3.45. The molecular weight excluding hydrogens is 334 g/mol. The van der Waals surface area contributed by atoms with Gasteiger partial charge in [0, 0.05) is 16.8 Å². The molecule has 0 saturated carbocycles. The van der Waals surface area contributed by atoms with Gasteiger partial charge in [0.05, 0.1) is 11.5 Å². The van der Waals surface area contributed by atoms with Crippen LogP contribution in [0.2, 0.25) is 5.02 Å². The van der Waals surface area contributed by atoms with Crippen LogP contribution < -0.4 is 5.56 Å². The zero-order chi connectivity index (χ0) is 18.0. The molecule has 0 aliphatic rings. The summed E-state index contributed by atoms with van der Waals surface area (Å²) in [6.07, 6.45) is 1.83. The average molecular weight is 350 g/mol. The number of allylic oxidation sites excluding steroid dienone is 2. The van der Waals surface area contributed by atoms with Crippen molar-refractivity contribution < 1.29 is 9.72 Å². The van der Waals surface area contributed by atoms with Crippen LogP contribution in [0, 0.1) is 17.0 Å². The minimum Gasteiger partial charge on any atom is -0.299 e. The Kier molecular flexibility index (Phi) is 5.04. The van der Waals surface area contributed by atoms with Crippen molar-refractivity contribution in [2.24, 2.45) is 0 Å². The lowest BCUT2D eigenvalue weighted by atomic mass is 10.0. The number of aromatic amines is 1. The highest BCUT2D eigenvalue weighted by molar-refractivity contribution is 6.31. The number of hydrogen-bond acceptors (Lipinski definition) is 4. The molecule has 0 fully saturated rings. The standard InChI is InChI=1S/C16H16ClN3O4/c1-9(2)6-7-19-16(22)14(10(3)18-19)15(21)12-5-4-11(17)8-13(12)20(23)24/h4-6,8,18H,7H2,1-3H3. The van der Waals surface area contributed by atoms with Gasteiger partial charge in [-0.3, -0.25) is 24.8 Å². The fourth-order valence-electron chi connectivity index (χ4n) is 2.26. The van der Waals surface area contributed by atoms with Gasteiger partial charge in [-0.2, -0.15) is 0 Å². The van der Waals surface area contributed by atoms with Crippen LogP contribution in [0.25, 0.3) is 0 Å². The van der Waals surface area contributed by atoms with Crippen molar-refractivity contribution in [2.75, 3.05) is 0 Å². The number of carbonyl (C=O) groups excluding carboxylic acids is 1. The fourth-order valence-corrected chi connectivity index (χ4v) is 2.42. The number of nitro groups is 1. The van der Waals surface area contributed by atoms with Crippen molar-refractivity contribution in [2.45, 2.75) is 27.3 Å². The highest BCUT2D eigenvalue weighted by atomic mass is 35.5. The van der Waals surface area contributed by atoms with E-state index in [0.717, 1.165) is 11.6 Å². The highest BCUT2D eigenvalue weighted by Gasteiger charge is 2.26. The molecule has 0 aliphatic heterocycles. The Morgan fingerprint density at radius 2 is 2.08 bits per heavy atom. The Hall–Kier alpha value is -2.67. The number of benzene rings is 1. The van der Waals surface area contributed by atoms with Crippen LogP contribution >= 0.6 is 11.6 Å². The summed E-state index contributed by atoms with van der Waals surface area (Å²) in [6, 6.07) is 3.74. The summed E-state index contributed by atoms with van der Waals surface area (Å²) in [6.45, 7) is 5.65. The van der Waals surface area contributed by atoms with E-state index in [2.05, 4.69) is 5.10 Å². The van der Waals surface area contributed by atoms with Gasteiger partial charge in [0.25, 0.3) is 11.2 Å². The molecular formula is C16H16ClN3O4. The molecule has 0 spiro atoms. The lowest BCUT2D eigenvalue weighted by Crippen LogP contribution is -2.22. The molecule has 0 amide bonds. The number of halogens is 1. The van der Waals surface area contributed by atoms with E-state index in [1.807, 2.05) is 19.9 Å². The van der Waals surface area contributed by atoms with Gasteiger partial charge in [0.1, 0.15) is 11.1 Å². The topological polar surface area (TPSA) is 98.0 Å². The molecule has 0 bridgehead atoms. The first-order chi connectivity index (χ1) is 11.2. The fraction of sp³-hybridized carbons (Fsp3) is 0.250. The van der Waals surface area contributed by atoms with Crippen molar-refractivity contribution >= 4 is 23.1 Å². The molecule has 1 heterocycles. The van der Waals surface area contributed by atoms with Crippen LogP contribution in [0.5, 0.6) is 0 Å². The van der Waals surface area contributed by atoms with Crippen LogP contribution in [0.3, 0.4) is 0 Å². The van der Waals surface area contributed by atoms with E-state index in [1.165, 1.54) is 16.8 Å². The van der Waals surface area contributed by atoms with Gasteiger partial charge in [0.2, 0.25) is 5.78 Å².